The van der Waals surface area contributed by atoms with Crippen LogP contribution in [0.1, 0.15) is 28.2 Å². The molecule has 3 aliphatic rings. The van der Waals surface area contributed by atoms with Crippen LogP contribution in [0.4, 0.5) is 11.4 Å². The SMILES string of the molecule is C1=CC2c3ccccc3C3(c4ccccc4-c4ccccc43)C2C=C1N(c1ccc(-c2ccccc2)cc1)c1ccc(-c2ccccc2)cc1. The average Bonchev–Trinajstić information content (AvgIpc) is 3.66. The van der Waals surface area contributed by atoms with Gasteiger partial charge in [-0.1, -0.05) is 170 Å². The molecule has 1 nitrogen and oxygen atoms in total. The van der Waals surface area contributed by atoms with Gasteiger partial charge in [-0.25, -0.2) is 0 Å². The van der Waals surface area contributed by atoms with E-state index in [4.69, 9.17) is 0 Å². The van der Waals surface area contributed by atoms with Gasteiger partial charge in [-0.2, -0.15) is 0 Å². The number of nitrogens with zero attached hydrogens (tertiary/aromatic N) is 1. The minimum Gasteiger partial charge on any atom is -0.311 e. The second-order valence-electron chi connectivity index (χ2n) is 13.6. The molecule has 0 N–H and O–H groups in total. The van der Waals surface area contributed by atoms with Gasteiger partial charge in [0.05, 0.1) is 5.41 Å². The van der Waals surface area contributed by atoms with Gasteiger partial charge in [-0.05, 0) is 86.0 Å². The summed E-state index contributed by atoms with van der Waals surface area (Å²) in [7, 11) is 0. The number of hydrogen-bond donors (Lipinski definition) is 0. The monoisotopic (exact) mass is 637 g/mol. The molecule has 0 fully saturated rings. The van der Waals surface area contributed by atoms with E-state index in [-0.39, 0.29) is 17.3 Å². The Kier molecular flexibility index (Phi) is 6.60. The Morgan fingerprint density at radius 2 is 0.840 bits per heavy atom. The van der Waals surface area contributed by atoms with Crippen molar-refractivity contribution in [3.63, 3.8) is 0 Å². The molecule has 0 amide bonds. The summed E-state index contributed by atoms with van der Waals surface area (Å²) >= 11 is 0. The van der Waals surface area contributed by atoms with E-state index in [0.717, 1.165) is 11.4 Å². The van der Waals surface area contributed by atoms with Gasteiger partial charge in [0.2, 0.25) is 0 Å². The summed E-state index contributed by atoms with van der Waals surface area (Å²) in [5.74, 6) is 0.483. The normalized spacial score (nSPS) is 17.4. The highest BCUT2D eigenvalue weighted by molar-refractivity contribution is 5.86. The minimum absolute atomic E-state index is 0.208. The van der Waals surface area contributed by atoms with Gasteiger partial charge in [0.25, 0.3) is 0 Å². The van der Waals surface area contributed by atoms with Crippen molar-refractivity contribution >= 4 is 11.4 Å². The van der Waals surface area contributed by atoms with E-state index in [1.165, 1.54) is 61.3 Å². The Morgan fingerprint density at radius 3 is 1.38 bits per heavy atom. The van der Waals surface area contributed by atoms with Crippen LogP contribution in [0.5, 0.6) is 0 Å². The molecule has 0 aliphatic heterocycles. The van der Waals surface area contributed by atoms with E-state index in [9.17, 15) is 0 Å². The summed E-state index contributed by atoms with van der Waals surface area (Å²) in [6, 6.07) is 66.8. The topological polar surface area (TPSA) is 3.24 Å². The summed E-state index contributed by atoms with van der Waals surface area (Å²) in [5.41, 5.74) is 16.5. The van der Waals surface area contributed by atoms with Crippen LogP contribution in [0.15, 0.2) is 206 Å². The van der Waals surface area contributed by atoms with Crippen LogP contribution >= 0.6 is 0 Å². The Hall–Kier alpha value is -6.18. The van der Waals surface area contributed by atoms with Crippen molar-refractivity contribution in [2.24, 2.45) is 5.92 Å². The lowest BCUT2D eigenvalue weighted by Gasteiger charge is -2.38. The fraction of sp³-hybridized carbons (Fsp3) is 0.0612. The molecule has 1 heteroatoms. The molecular formula is C49H35N. The van der Waals surface area contributed by atoms with Crippen molar-refractivity contribution in [2.45, 2.75) is 11.3 Å². The first-order valence-electron chi connectivity index (χ1n) is 17.6. The lowest BCUT2D eigenvalue weighted by molar-refractivity contribution is 0.462. The van der Waals surface area contributed by atoms with Crippen molar-refractivity contribution < 1.29 is 0 Å². The Bertz CT molecular complexity index is 2290. The third-order valence-corrected chi connectivity index (χ3v) is 11.2. The highest BCUT2D eigenvalue weighted by Crippen LogP contribution is 2.65. The second kappa shape index (κ2) is 11.5. The van der Waals surface area contributed by atoms with E-state index in [0.29, 0.717) is 0 Å². The van der Waals surface area contributed by atoms with Gasteiger partial charge in [0, 0.05) is 28.9 Å². The molecule has 0 bridgehead atoms. The Balaban J connectivity index is 1.15. The number of rotatable bonds is 5. The molecule has 0 radical (unpaired) electrons. The molecule has 7 aromatic rings. The number of allylic oxidation sites excluding steroid dienone is 3. The number of fused-ring (bicyclic) bond motifs is 10. The van der Waals surface area contributed by atoms with E-state index in [1.807, 2.05) is 0 Å². The zero-order valence-electron chi connectivity index (χ0n) is 27.7. The predicted molar refractivity (Wildman–Crippen MR) is 208 cm³/mol. The molecule has 0 saturated carbocycles. The number of hydrogen-bond acceptors (Lipinski definition) is 1. The van der Waals surface area contributed by atoms with Crippen molar-refractivity contribution in [1.82, 2.24) is 0 Å². The van der Waals surface area contributed by atoms with Crippen LogP contribution in [-0.2, 0) is 5.41 Å². The zero-order chi connectivity index (χ0) is 33.1. The molecule has 0 saturated heterocycles. The largest absolute Gasteiger partial charge is 0.311 e. The van der Waals surface area contributed by atoms with Crippen molar-refractivity contribution in [1.29, 1.82) is 0 Å². The average molecular weight is 638 g/mol. The molecule has 50 heavy (non-hydrogen) atoms. The van der Waals surface area contributed by atoms with Gasteiger partial charge < -0.3 is 4.90 Å². The first-order chi connectivity index (χ1) is 24.8. The summed E-state index contributed by atoms with van der Waals surface area (Å²) in [4.78, 5) is 2.44. The van der Waals surface area contributed by atoms with Gasteiger partial charge in [0.15, 0.2) is 0 Å². The van der Waals surface area contributed by atoms with Crippen LogP contribution in [0.2, 0.25) is 0 Å². The van der Waals surface area contributed by atoms with Crippen LogP contribution in [0.3, 0.4) is 0 Å². The standard InChI is InChI=1S/C49H35N/c1-3-13-34(14-4-1)36-23-27-38(28-24-36)50(39-29-25-37(26-30-39)35-15-5-2-6-16-35)40-31-32-44-43-19-9-12-22-47(43)49(48(44)33-40)45-20-10-7-17-41(45)42-18-8-11-21-46(42)49/h1-33,44,48H. The molecule has 0 heterocycles. The second-order valence-corrected chi connectivity index (χ2v) is 13.6. The summed E-state index contributed by atoms with van der Waals surface area (Å²) in [6.45, 7) is 0. The van der Waals surface area contributed by atoms with Crippen LogP contribution in [0.25, 0.3) is 33.4 Å². The molecule has 1 spiro atoms. The molecule has 10 rings (SSSR count). The zero-order valence-corrected chi connectivity index (χ0v) is 27.7. The van der Waals surface area contributed by atoms with Crippen LogP contribution in [-0.4, -0.2) is 0 Å². The molecule has 7 aromatic carbocycles. The quantitative estimate of drug-likeness (QED) is 0.182. The highest BCUT2D eigenvalue weighted by atomic mass is 15.1. The van der Waals surface area contributed by atoms with Gasteiger partial charge in [-0.3, -0.25) is 0 Å². The first-order valence-corrected chi connectivity index (χ1v) is 17.6. The lowest BCUT2D eigenvalue weighted by Crippen LogP contribution is -2.34. The molecule has 2 atom stereocenters. The van der Waals surface area contributed by atoms with Crippen molar-refractivity contribution in [2.75, 3.05) is 4.90 Å². The minimum atomic E-state index is -0.273. The van der Waals surface area contributed by atoms with Crippen LogP contribution < -0.4 is 4.90 Å². The maximum absolute atomic E-state index is 2.58. The van der Waals surface area contributed by atoms with Gasteiger partial charge in [0.1, 0.15) is 0 Å². The molecule has 3 aliphatic carbocycles. The third kappa shape index (κ3) is 4.27. The van der Waals surface area contributed by atoms with E-state index in [2.05, 4.69) is 205 Å². The smallest absolute Gasteiger partial charge is 0.0538 e. The predicted octanol–water partition coefficient (Wildman–Crippen LogP) is 12.3. The van der Waals surface area contributed by atoms with Crippen LogP contribution in [0, 0.1) is 5.92 Å². The number of anilines is 2. The Morgan fingerprint density at radius 1 is 0.400 bits per heavy atom. The summed E-state index contributed by atoms with van der Waals surface area (Å²) in [5, 5.41) is 0. The molecule has 236 valence electrons. The fourth-order valence-electron chi connectivity index (χ4n) is 9.06. The van der Waals surface area contributed by atoms with E-state index in [1.54, 1.807) is 0 Å². The fourth-order valence-corrected chi connectivity index (χ4v) is 9.06. The van der Waals surface area contributed by atoms with Gasteiger partial charge >= 0.3 is 0 Å². The van der Waals surface area contributed by atoms with E-state index >= 15 is 0 Å². The summed E-state index contributed by atoms with van der Waals surface area (Å²) in [6.07, 6.45) is 7.42. The van der Waals surface area contributed by atoms with Crippen molar-refractivity contribution in [3.8, 4) is 33.4 Å². The van der Waals surface area contributed by atoms with E-state index < -0.39 is 0 Å². The summed E-state index contributed by atoms with van der Waals surface area (Å²) < 4.78 is 0. The molecule has 2 unspecified atom stereocenters. The maximum Gasteiger partial charge on any atom is 0.0538 e. The third-order valence-electron chi connectivity index (χ3n) is 11.2. The van der Waals surface area contributed by atoms with Gasteiger partial charge in [-0.15, -0.1) is 0 Å². The Labute approximate surface area is 294 Å². The molecular weight excluding hydrogens is 603 g/mol. The number of benzene rings is 7. The van der Waals surface area contributed by atoms with Crippen molar-refractivity contribution in [3.05, 3.63) is 228 Å². The molecule has 0 aromatic heterocycles. The highest BCUT2D eigenvalue weighted by Gasteiger charge is 2.57. The maximum atomic E-state index is 2.58. The first kappa shape index (κ1) is 28.8. The lowest BCUT2D eigenvalue weighted by atomic mass is 9.65.